The van der Waals surface area contributed by atoms with E-state index in [2.05, 4.69) is 26.1 Å². The van der Waals surface area contributed by atoms with Crippen molar-refractivity contribution >= 4 is 58.9 Å². The molecule has 0 unspecified atom stereocenters. The Morgan fingerprint density at radius 3 is 2.28 bits per heavy atom. The number of anilines is 1. The number of benzene rings is 2. The molecule has 6 rings (SSSR count). The number of amides is 4. The number of urea groups is 1. The lowest BCUT2D eigenvalue weighted by atomic mass is 9.91. The molecule has 1 atom stereocenters. The zero-order valence-electron chi connectivity index (χ0n) is 28.1. The number of aromatic hydroxyl groups is 1. The van der Waals surface area contributed by atoms with Crippen LogP contribution in [0.2, 0.25) is 0 Å². The third kappa shape index (κ3) is 8.55. The Bertz CT molecular complexity index is 1550. The normalized spacial score (nSPS) is 20.5. The van der Waals surface area contributed by atoms with Crippen molar-refractivity contribution in [1.82, 2.24) is 24.5 Å². The highest BCUT2D eigenvalue weighted by Crippen LogP contribution is 2.27. The first-order chi connectivity index (χ1) is 24.0. The Kier molecular flexibility index (Phi) is 11.5. The number of nitrogens with zero attached hydrogens (tertiary/aromatic N) is 5. The molecule has 15 heteroatoms. The summed E-state index contributed by atoms with van der Waals surface area (Å²) in [4.78, 5) is 61.3. The molecule has 4 aliphatic rings. The molecule has 3 saturated heterocycles. The van der Waals surface area contributed by atoms with E-state index in [1.807, 2.05) is 34.1 Å². The molecule has 3 N–H and O–H groups in total. The van der Waals surface area contributed by atoms with Gasteiger partial charge in [-0.1, -0.05) is 29.7 Å². The first kappa shape index (κ1) is 36.0. The average Bonchev–Trinajstić information content (AvgIpc) is 3.28. The van der Waals surface area contributed by atoms with Gasteiger partial charge in [0, 0.05) is 83.1 Å². The number of piperazine rings is 1. The molecular weight excluding hydrogens is 707 g/mol. The Hall–Kier alpha value is -3.82. The van der Waals surface area contributed by atoms with Gasteiger partial charge in [0.15, 0.2) is 6.10 Å². The predicted molar refractivity (Wildman–Crippen MR) is 191 cm³/mol. The van der Waals surface area contributed by atoms with Crippen molar-refractivity contribution in [2.24, 2.45) is 0 Å². The summed E-state index contributed by atoms with van der Waals surface area (Å²) >= 11 is 3.32. The number of piperidine rings is 2. The topological polar surface area (TPSA) is 146 Å². The average molecular weight is 751 g/mol. The van der Waals surface area contributed by atoms with Crippen LogP contribution in [0.1, 0.15) is 36.8 Å². The summed E-state index contributed by atoms with van der Waals surface area (Å²) in [5.74, 6) is -1.19. The molecule has 266 valence electrons. The van der Waals surface area contributed by atoms with Gasteiger partial charge in [-0.3, -0.25) is 19.4 Å². The summed E-state index contributed by atoms with van der Waals surface area (Å²) in [5.41, 5.74) is 2.72. The molecule has 2 aromatic carbocycles. The molecule has 0 aromatic heterocycles. The molecule has 4 heterocycles. The molecule has 4 aliphatic heterocycles. The number of fused-ring (bicyclic) bond motifs is 1. The second kappa shape index (κ2) is 16.0. The van der Waals surface area contributed by atoms with Crippen molar-refractivity contribution in [2.75, 3.05) is 70.8 Å². The van der Waals surface area contributed by atoms with Crippen molar-refractivity contribution in [2.45, 2.75) is 56.7 Å². The monoisotopic (exact) mass is 750 g/mol. The molecule has 0 saturated carbocycles. The summed E-state index contributed by atoms with van der Waals surface area (Å²) < 4.78 is 6.37. The highest BCUT2D eigenvalue weighted by molar-refractivity contribution is 9.10. The molecule has 0 aliphatic carbocycles. The maximum Gasteiger partial charge on any atom is 0.410 e. The van der Waals surface area contributed by atoms with Crippen molar-refractivity contribution in [3.63, 3.8) is 0 Å². The number of aliphatic carboxylic acids is 1. The smallest absolute Gasteiger partial charge is 0.410 e. The van der Waals surface area contributed by atoms with Gasteiger partial charge in [0.2, 0.25) is 0 Å². The minimum atomic E-state index is -1.10. The summed E-state index contributed by atoms with van der Waals surface area (Å²) in [6.45, 7) is 5.22. The maximum atomic E-state index is 14.0. The van der Waals surface area contributed by atoms with Crippen LogP contribution in [0.5, 0.6) is 5.75 Å². The Morgan fingerprint density at radius 1 is 0.920 bits per heavy atom. The second-order valence-corrected chi connectivity index (χ2v) is 14.5. The number of halogens is 1. The number of hydrogen-bond acceptors (Lipinski definition) is 8. The van der Waals surface area contributed by atoms with Gasteiger partial charge < -0.3 is 35.0 Å². The van der Waals surface area contributed by atoms with Crippen molar-refractivity contribution in [1.29, 1.82) is 0 Å². The number of carboxylic acid groups (broad SMARTS) is 1. The summed E-state index contributed by atoms with van der Waals surface area (Å²) in [6, 6.07) is 11.2. The number of rotatable bonds is 8. The molecule has 3 fully saturated rings. The minimum absolute atomic E-state index is 0.0242. The van der Waals surface area contributed by atoms with Crippen LogP contribution in [0.3, 0.4) is 0 Å². The molecule has 2 radical (unpaired) electrons. The van der Waals surface area contributed by atoms with Crippen LogP contribution in [0.4, 0.5) is 15.3 Å². The van der Waals surface area contributed by atoms with E-state index in [1.54, 1.807) is 21.9 Å². The van der Waals surface area contributed by atoms with Gasteiger partial charge in [0.05, 0.1) is 11.0 Å². The highest BCUT2D eigenvalue weighted by Gasteiger charge is 2.36. The fraction of sp³-hybridized carbons (Fsp3) is 0.543. The number of carboxylic acids is 1. The van der Waals surface area contributed by atoms with E-state index >= 15 is 0 Å². The fourth-order valence-electron chi connectivity index (χ4n) is 7.63. The van der Waals surface area contributed by atoms with Crippen LogP contribution in [0.15, 0.2) is 40.9 Å². The number of carbonyl (C=O) groups excluding carboxylic acids is 3. The number of para-hydroxylation sites is 1. The first-order valence-electron chi connectivity index (χ1n) is 17.4. The van der Waals surface area contributed by atoms with Gasteiger partial charge in [-0.05, 0) is 71.3 Å². The first-order valence-corrected chi connectivity index (χ1v) is 18.2. The maximum absolute atomic E-state index is 14.0. The number of ether oxygens (including phenoxy) is 1. The van der Waals surface area contributed by atoms with Crippen LogP contribution in [0.25, 0.3) is 0 Å². The van der Waals surface area contributed by atoms with Gasteiger partial charge in [0.1, 0.15) is 13.6 Å². The lowest BCUT2D eigenvalue weighted by Gasteiger charge is -2.43. The van der Waals surface area contributed by atoms with Crippen LogP contribution in [-0.2, 0) is 27.2 Å². The van der Waals surface area contributed by atoms with Crippen LogP contribution < -0.4 is 10.8 Å². The van der Waals surface area contributed by atoms with Crippen LogP contribution in [0, 0.1) is 0 Å². The third-order valence-corrected chi connectivity index (χ3v) is 11.1. The fourth-order valence-corrected chi connectivity index (χ4v) is 8.15. The lowest BCUT2D eigenvalue weighted by molar-refractivity contribution is -0.143. The van der Waals surface area contributed by atoms with Gasteiger partial charge in [-0.15, -0.1) is 0 Å². The molecule has 4 amide bonds. The number of hydrogen-bond donors (Lipinski definition) is 3. The third-order valence-electron chi connectivity index (χ3n) is 10.5. The van der Waals surface area contributed by atoms with E-state index in [0.29, 0.717) is 74.7 Å². The quantitative estimate of drug-likeness (QED) is 0.346. The number of likely N-dealkylation sites (tertiary alicyclic amines) is 2. The summed E-state index contributed by atoms with van der Waals surface area (Å²) in [5, 5.41) is 22.3. The molecule has 0 bridgehead atoms. The van der Waals surface area contributed by atoms with E-state index in [-0.39, 0.29) is 42.2 Å². The predicted octanol–water partition coefficient (Wildman–Crippen LogP) is 2.24. The lowest BCUT2D eigenvalue weighted by Crippen LogP contribution is -2.56. The largest absolute Gasteiger partial charge is 0.507 e. The zero-order chi connectivity index (χ0) is 35.4. The summed E-state index contributed by atoms with van der Waals surface area (Å²) in [6.07, 6.45) is 2.10. The van der Waals surface area contributed by atoms with E-state index in [1.165, 1.54) is 0 Å². The highest BCUT2D eigenvalue weighted by atomic mass is 79.9. The number of phenolic OH excluding ortho intramolecular Hbond substituents is 1. The molecule has 13 nitrogen and oxygen atoms in total. The Morgan fingerprint density at radius 2 is 1.60 bits per heavy atom. The van der Waals surface area contributed by atoms with E-state index in [9.17, 15) is 24.3 Å². The minimum Gasteiger partial charge on any atom is -0.507 e. The molecule has 2 aromatic rings. The van der Waals surface area contributed by atoms with Gasteiger partial charge in [0.25, 0.3) is 5.91 Å². The van der Waals surface area contributed by atoms with Gasteiger partial charge >= 0.3 is 18.1 Å². The number of phenols is 1. The van der Waals surface area contributed by atoms with E-state index < -0.39 is 18.2 Å². The summed E-state index contributed by atoms with van der Waals surface area (Å²) in [7, 11) is 6.01. The van der Waals surface area contributed by atoms with E-state index in [0.717, 1.165) is 43.6 Å². The molecular formula is C35H44BBrN6O7. The van der Waals surface area contributed by atoms with Gasteiger partial charge in [-0.25, -0.2) is 9.59 Å². The number of nitrogens with one attached hydrogen (secondary N) is 1. The van der Waals surface area contributed by atoms with Crippen molar-refractivity contribution in [3.05, 3.63) is 52.0 Å². The second-order valence-electron chi connectivity index (χ2n) is 13.6. The number of carbonyl (C=O) groups is 4. The standard InChI is InChI=1S/C35H44BBrN6O7/c36-27-19-23(20-28(37)32(27)46)21-30(33(47)41-17-15-40(16-18-41)25-6-10-39(11-7-25)22-31(44)45)50-35(49)42-12-8-26(9-13-42)43-14-5-24-3-1-2-4-29(24)38-34(43)48/h1-4,19-20,25-26,30,46H,5-18,21-22H2,(H,38,48)(H,44,45)/t30-/m1/s1. The molecule has 50 heavy (non-hydrogen) atoms. The van der Waals surface area contributed by atoms with Crippen LogP contribution in [-0.4, -0.2) is 150 Å². The van der Waals surface area contributed by atoms with E-state index in [4.69, 9.17) is 17.7 Å². The molecule has 0 spiro atoms. The Balaban J connectivity index is 1.06. The van der Waals surface area contributed by atoms with Crippen molar-refractivity contribution < 1.29 is 34.1 Å². The van der Waals surface area contributed by atoms with Gasteiger partial charge in [-0.2, -0.15) is 0 Å². The SMILES string of the molecule is [B]c1cc(C[C@@H](OC(=O)N2CCC(N3CCc4ccccc4NC3=O)CC2)C(=O)N2CCN(C3CCN(CC(=O)O)CC3)CC2)cc(Br)c1O. The van der Waals surface area contributed by atoms with Crippen molar-refractivity contribution in [3.8, 4) is 5.75 Å². The zero-order valence-corrected chi connectivity index (χ0v) is 29.7. The van der Waals surface area contributed by atoms with Crippen LogP contribution >= 0.6 is 15.9 Å². The Labute approximate surface area is 302 Å².